The first-order valence-electron chi connectivity index (χ1n) is 8.68. The van der Waals surface area contributed by atoms with E-state index in [1.165, 1.54) is 0 Å². The Morgan fingerprint density at radius 2 is 1.96 bits per heavy atom. The lowest BCUT2D eigenvalue weighted by Crippen LogP contribution is -2.44. The zero-order chi connectivity index (χ0) is 17.5. The molecule has 2 aromatic rings. The number of amides is 1. The van der Waals surface area contributed by atoms with Crippen molar-refractivity contribution in [1.29, 1.82) is 0 Å². The highest BCUT2D eigenvalue weighted by Crippen LogP contribution is 2.16. The predicted octanol–water partition coefficient (Wildman–Crippen LogP) is 3.22. The Hall–Kier alpha value is -2.63. The van der Waals surface area contributed by atoms with Crippen molar-refractivity contribution in [1.82, 2.24) is 14.9 Å². The second-order valence-electron chi connectivity index (χ2n) is 6.10. The van der Waals surface area contributed by atoms with Gasteiger partial charge in [0.2, 0.25) is 0 Å². The summed E-state index contributed by atoms with van der Waals surface area (Å²) < 4.78 is 11.2. The minimum Gasteiger partial charge on any atom is -0.458 e. The van der Waals surface area contributed by atoms with E-state index in [4.69, 9.17) is 9.47 Å². The zero-order valence-electron chi connectivity index (χ0n) is 14.4. The molecule has 1 aliphatic rings. The first-order valence-corrected chi connectivity index (χ1v) is 8.68. The summed E-state index contributed by atoms with van der Waals surface area (Å²) in [6.45, 7) is 3.51. The number of piperidine rings is 1. The molecule has 2 heterocycles. The second kappa shape index (κ2) is 8.46. The van der Waals surface area contributed by atoms with Crippen molar-refractivity contribution < 1.29 is 14.3 Å². The third-order valence-electron chi connectivity index (χ3n) is 4.20. The van der Waals surface area contributed by atoms with Crippen LogP contribution in [0.3, 0.4) is 0 Å². The number of carbonyl (C=O) groups excluding carboxylic acids is 1. The maximum Gasteiger partial charge on any atom is 0.410 e. The summed E-state index contributed by atoms with van der Waals surface area (Å²) in [4.78, 5) is 22.4. The van der Waals surface area contributed by atoms with Crippen molar-refractivity contribution in [2.45, 2.75) is 38.9 Å². The Morgan fingerprint density at radius 3 is 2.68 bits per heavy atom. The molecule has 0 aliphatic carbocycles. The normalized spacial score (nSPS) is 17.2. The number of benzene rings is 1. The summed E-state index contributed by atoms with van der Waals surface area (Å²) in [5.74, 6) is 0. The topological polar surface area (TPSA) is 64.5 Å². The summed E-state index contributed by atoms with van der Waals surface area (Å²) >= 11 is 0. The van der Waals surface area contributed by atoms with Crippen molar-refractivity contribution >= 4 is 6.09 Å². The molecule has 25 heavy (non-hydrogen) atoms. The van der Waals surface area contributed by atoms with Crippen LogP contribution in [-0.4, -0.2) is 40.2 Å². The van der Waals surface area contributed by atoms with E-state index in [0.29, 0.717) is 19.1 Å². The van der Waals surface area contributed by atoms with Crippen LogP contribution < -0.4 is 4.74 Å². The molecule has 6 heteroatoms. The summed E-state index contributed by atoms with van der Waals surface area (Å²) in [5.41, 5.74) is 2.05. The van der Waals surface area contributed by atoms with E-state index in [2.05, 4.69) is 16.9 Å². The van der Waals surface area contributed by atoms with Gasteiger partial charge >= 0.3 is 12.1 Å². The number of hydrogen-bond acceptors (Lipinski definition) is 5. The number of carbonyl (C=O) groups is 1. The lowest BCUT2D eigenvalue weighted by molar-refractivity contribution is 0.0519. The first kappa shape index (κ1) is 17.2. The van der Waals surface area contributed by atoms with Gasteiger partial charge in [0.25, 0.3) is 0 Å². The molecule has 0 radical (unpaired) electrons. The number of likely N-dealkylation sites (tertiary alicyclic amines) is 1. The fraction of sp³-hybridized carbons (Fsp3) is 0.421. The van der Waals surface area contributed by atoms with Crippen molar-refractivity contribution in [2.24, 2.45) is 0 Å². The Bertz CT molecular complexity index is 676. The lowest BCUT2D eigenvalue weighted by atomic mass is 10.1. The minimum absolute atomic E-state index is 0.106. The molecule has 1 atom stereocenters. The smallest absolute Gasteiger partial charge is 0.410 e. The molecule has 1 aromatic heterocycles. The molecule has 6 nitrogen and oxygen atoms in total. The molecule has 1 unspecified atom stereocenters. The van der Waals surface area contributed by atoms with Crippen LogP contribution in [-0.2, 0) is 17.8 Å². The van der Waals surface area contributed by atoms with Gasteiger partial charge in [-0.2, -0.15) is 0 Å². The van der Waals surface area contributed by atoms with Crippen LogP contribution >= 0.6 is 0 Å². The molecule has 132 valence electrons. The number of nitrogens with zero attached hydrogens (tertiary/aromatic N) is 3. The standard InChI is InChI=1S/C19H23N3O3/c1-2-15-11-20-18(21-12-15)25-17-9-6-10-22(13-17)19(23)24-14-16-7-4-3-5-8-16/h3-5,7-8,11-12,17H,2,6,9-10,13-14H2,1H3. The molecule has 0 N–H and O–H groups in total. The summed E-state index contributed by atoms with van der Waals surface area (Å²) in [7, 11) is 0. The maximum atomic E-state index is 12.3. The Balaban J connectivity index is 1.50. The molecule has 1 amide bonds. The van der Waals surface area contributed by atoms with Crippen LogP contribution in [0.25, 0.3) is 0 Å². The van der Waals surface area contributed by atoms with Gasteiger partial charge in [-0.05, 0) is 30.4 Å². The van der Waals surface area contributed by atoms with Gasteiger partial charge in [-0.15, -0.1) is 0 Å². The Kier molecular flexibility index (Phi) is 5.82. The van der Waals surface area contributed by atoms with Gasteiger partial charge in [0.15, 0.2) is 0 Å². The van der Waals surface area contributed by atoms with Gasteiger partial charge in [-0.25, -0.2) is 14.8 Å². The van der Waals surface area contributed by atoms with Gasteiger partial charge in [-0.1, -0.05) is 37.3 Å². The third-order valence-corrected chi connectivity index (χ3v) is 4.20. The molecule has 0 spiro atoms. The molecule has 1 fully saturated rings. The van der Waals surface area contributed by atoms with Crippen molar-refractivity contribution in [2.75, 3.05) is 13.1 Å². The fourth-order valence-electron chi connectivity index (χ4n) is 2.75. The largest absolute Gasteiger partial charge is 0.458 e. The number of rotatable bonds is 5. The molecule has 1 aromatic carbocycles. The number of aromatic nitrogens is 2. The summed E-state index contributed by atoms with van der Waals surface area (Å²) in [6.07, 6.45) is 5.78. The lowest BCUT2D eigenvalue weighted by Gasteiger charge is -2.31. The van der Waals surface area contributed by atoms with Crippen LogP contribution in [0, 0.1) is 0 Å². The first-order chi connectivity index (χ1) is 12.2. The quantitative estimate of drug-likeness (QED) is 0.835. The molecule has 0 saturated carbocycles. The van der Waals surface area contributed by atoms with Crippen LogP contribution in [0.1, 0.15) is 30.9 Å². The van der Waals surface area contributed by atoms with Crippen LogP contribution in [0.15, 0.2) is 42.7 Å². The molecule has 1 saturated heterocycles. The summed E-state index contributed by atoms with van der Waals surface area (Å²) in [5, 5.41) is 0. The summed E-state index contributed by atoms with van der Waals surface area (Å²) in [6, 6.07) is 10.0. The highest BCUT2D eigenvalue weighted by Gasteiger charge is 2.26. The van der Waals surface area contributed by atoms with Gasteiger partial charge in [0.05, 0.1) is 6.54 Å². The highest BCUT2D eigenvalue weighted by atomic mass is 16.6. The monoisotopic (exact) mass is 341 g/mol. The van der Waals surface area contributed by atoms with Crippen LogP contribution in [0.4, 0.5) is 4.79 Å². The fourth-order valence-corrected chi connectivity index (χ4v) is 2.75. The van der Waals surface area contributed by atoms with E-state index in [1.807, 2.05) is 30.3 Å². The number of ether oxygens (including phenoxy) is 2. The molecule has 1 aliphatic heterocycles. The predicted molar refractivity (Wildman–Crippen MR) is 93.3 cm³/mol. The molecular formula is C19H23N3O3. The third kappa shape index (κ3) is 4.92. The van der Waals surface area contributed by atoms with E-state index in [0.717, 1.165) is 30.4 Å². The van der Waals surface area contributed by atoms with Gasteiger partial charge < -0.3 is 14.4 Å². The van der Waals surface area contributed by atoms with Crippen LogP contribution in [0.2, 0.25) is 0 Å². The number of aryl methyl sites for hydroxylation is 1. The Labute approximate surface area is 147 Å². The van der Waals surface area contributed by atoms with E-state index < -0.39 is 0 Å². The molecule has 0 bridgehead atoms. The van der Waals surface area contributed by atoms with Crippen LogP contribution in [0.5, 0.6) is 6.01 Å². The SMILES string of the molecule is CCc1cnc(OC2CCCN(C(=O)OCc3ccccc3)C2)nc1. The maximum absolute atomic E-state index is 12.3. The van der Waals surface area contributed by atoms with Crippen molar-refractivity contribution in [3.63, 3.8) is 0 Å². The van der Waals surface area contributed by atoms with Crippen molar-refractivity contribution in [3.05, 3.63) is 53.9 Å². The highest BCUT2D eigenvalue weighted by molar-refractivity contribution is 5.67. The molecule has 3 rings (SSSR count). The van der Waals surface area contributed by atoms with Gasteiger partial charge in [0.1, 0.15) is 12.7 Å². The van der Waals surface area contributed by atoms with Crippen molar-refractivity contribution in [3.8, 4) is 6.01 Å². The minimum atomic E-state index is -0.306. The average molecular weight is 341 g/mol. The second-order valence-corrected chi connectivity index (χ2v) is 6.10. The molecular weight excluding hydrogens is 318 g/mol. The Morgan fingerprint density at radius 1 is 1.20 bits per heavy atom. The van der Waals surface area contributed by atoms with E-state index in [1.54, 1.807) is 17.3 Å². The van der Waals surface area contributed by atoms with Gasteiger partial charge in [0, 0.05) is 18.9 Å². The number of hydrogen-bond donors (Lipinski definition) is 0. The van der Waals surface area contributed by atoms with E-state index >= 15 is 0 Å². The zero-order valence-corrected chi connectivity index (χ0v) is 14.4. The van der Waals surface area contributed by atoms with E-state index in [-0.39, 0.29) is 18.8 Å². The average Bonchev–Trinajstić information content (AvgIpc) is 2.68. The van der Waals surface area contributed by atoms with E-state index in [9.17, 15) is 4.79 Å². The van der Waals surface area contributed by atoms with Gasteiger partial charge in [-0.3, -0.25) is 0 Å².